The molecule has 1 unspecified atom stereocenters. The van der Waals surface area contributed by atoms with Crippen LogP contribution in [0.4, 0.5) is 4.39 Å². The highest BCUT2D eigenvalue weighted by atomic mass is 79.9. The van der Waals surface area contributed by atoms with Gasteiger partial charge in [0.25, 0.3) is 0 Å². The molecular weight excluding hydrogens is 221 g/mol. The lowest BCUT2D eigenvalue weighted by Crippen LogP contribution is -2.39. The highest BCUT2D eigenvalue weighted by Gasteiger charge is 2.32. The van der Waals surface area contributed by atoms with E-state index in [1.807, 2.05) is 6.92 Å². The molecule has 0 saturated carbocycles. The van der Waals surface area contributed by atoms with E-state index in [9.17, 15) is 4.39 Å². The Labute approximate surface area is 80.6 Å². The van der Waals surface area contributed by atoms with E-state index in [4.69, 9.17) is 5.73 Å². The van der Waals surface area contributed by atoms with Crippen LogP contribution < -0.4 is 5.73 Å². The lowest BCUT2D eigenvalue weighted by Gasteiger charge is -2.29. The molecule has 0 aromatic carbocycles. The van der Waals surface area contributed by atoms with Crippen molar-refractivity contribution in [3.05, 3.63) is 21.5 Å². The fourth-order valence-electron chi connectivity index (χ4n) is 1.55. The molecule has 0 spiro atoms. The van der Waals surface area contributed by atoms with Gasteiger partial charge in [-0.1, -0.05) is 21.5 Å². The molecule has 1 rings (SSSR count). The number of halogens is 2. The van der Waals surface area contributed by atoms with E-state index in [-0.39, 0.29) is 5.83 Å². The standard InChI is InChI=1S/C9H13BrFN/c1-5-4-9(3,12)8(11)6(2)7(5)10/h4,12H2,1-3H3. The summed E-state index contributed by atoms with van der Waals surface area (Å²) < 4.78 is 14.3. The minimum Gasteiger partial charge on any atom is -0.319 e. The van der Waals surface area contributed by atoms with Gasteiger partial charge in [0.15, 0.2) is 0 Å². The van der Waals surface area contributed by atoms with Crippen molar-refractivity contribution in [2.75, 3.05) is 0 Å². The maximum absolute atomic E-state index is 13.5. The van der Waals surface area contributed by atoms with E-state index in [2.05, 4.69) is 15.9 Å². The molecule has 1 atom stereocenters. The molecule has 0 aromatic heterocycles. The molecule has 0 aromatic rings. The molecule has 3 heteroatoms. The van der Waals surface area contributed by atoms with Crippen LogP contribution in [0.5, 0.6) is 0 Å². The minimum atomic E-state index is -0.814. The van der Waals surface area contributed by atoms with Crippen LogP contribution in [0.3, 0.4) is 0 Å². The average molecular weight is 234 g/mol. The molecule has 68 valence electrons. The van der Waals surface area contributed by atoms with Crippen molar-refractivity contribution in [1.29, 1.82) is 0 Å². The molecule has 2 N–H and O–H groups in total. The van der Waals surface area contributed by atoms with Crippen LogP contribution in [0.2, 0.25) is 0 Å². The molecule has 0 saturated heterocycles. The van der Waals surface area contributed by atoms with Gasteiger partial charge in [-0.3, -0.25) is 0 Å². The summed E-state index contributed by atoms with van der Waals surface area (Å²) in [6, 6.07) is 0. The SMILES string of the molecule is CC1=C(Br)C(C)=C(F)C(C)(N)C1. The van der Waals surface area contributed by atoms with Gasteiger partial charge in [0.1, 0.15) is 5.83 Å². The summed E-state index contributed by atoms with van der Waals surface area (Å²) in [7, 11) is 0. The van der Waals surface area contributed by atoms with Crippen LogP contribution in [-0.2, 0) is 0 Å². The van der Waals surface area contributed by atoms with E-state index in [0.29, 0.717) is 12.0 Å². The first-order valence-electron chi connectivity index (χ1n) is 3.87. The van der Waals surface area contributed by atoms with Crippen molar-refractivity contribution in [2.45, 2.75) is 32.7 Å². The largest absolute Gasteiger partial charge is 0.319 e. The van der Waals surface area contributed by atoms with Gasteiger partial charge >= 0.3 is 0 Å². The third kappa shape index (κ3) is 1.48. The lowest BCUT2D eigenvalue weighted by atomic mass is 9.86. The van der Waals surface area contributed by atoms with Gasteiger partial charge in [-0.15, -0.1) is 0 Å². The highest BCUT2D eigenvalue weighted by Crippen LogP contribution is 2.38. The Kier molecular flexibility index (Phi) is 2.45. The van der Waals surface area contributed by atoms with Gasteiger partial charge in [0.2, 0.25) is 0 Å². The quantitative estimate of drug-likeness (QED) is 0.684. The van der Waals surface area contributed by atoms with Crippen LogP contribution in [0.15, 0.2) is 21.5 Å². The summed E-state index contributed by atoms with van der Waals surface area (Å²) in [4.78, 5) is 0. The van der Waals surface area contributed by atoms with Crippen LogP contribution in [0, 0.1) is 0 Å². The Bertz CT molecular complexity index is 276. The Morgan fingerprint density at radius 3 is 2.50 bits per heavy atom. The number of hydrogen-bond donors (Lipinski definition) is 1. The van der Waals surface area contributed by atoms with Crippen molar-refractivity contribution in [2.24, 2.45) is 5.73 Å². The smallest absolute Gasteiger partial charge is 0.124 e. The van der Waals surface area contributed by atoms with E-state index in [1.165, 1.54) is 0 Å². The van der Waals surface area contributed by atoms with E-state index >= 15 is 0 Å². The van der Waals surface area contributed by atoms with E-state index < -0.39 is 5.54 Å². The number of rotatable bonds is 0. The topological polar surface area (TPSA) is 26.0 Å². The third-order valence-electron chi connectivity index (χ3n) is 2.17. The van der Waals surface area contributed by atoms with Gasteiger partial charge in [-0.05, 0) is 32.8 Å². The first-order chi connectivity index (χ1) is 5.36. The summed E-state index contributed by atoms with van der Waals surface area (Å²) in [5, 5.41) is 0. The van der Waals surface area contributed by atoms with Crippen LogP contribution in [0.1, 0.15) is 27.2 Å². The zero-order valence-electron chi connectivity index (χ0n) is 7.54. The Balaban J connectivity index is 3.20. The van der Waals surface area contributed by atoms with Crippen LogP contribution >= 0.6 is 15.9 Å². The van der Waals surface area contributed by atoms with Gasteiger partial charge in [0.05, 0.1) is 5.54 Å². The normalized spacial score (nSPS) is 31.5. The molecule has 0 fully saturated rings. The highest BCUT2D eigenvalue weighted by molar-refractivity contribution is 9.12. The second-order valence-corrected chi connectivity index (χ2v) is 4.42. The Hall–Kier alpha value is -0.150. The van der Waals surface area contributed by atoms with Crippen molar-refractivity contribution in [3.8, 4) is 0 Å². The maximum atomic E-state index is 13.5. The van der Waals surface area contributed by atoms with E-state index in [0.717, 1.165) is 10.1 Å². The van der Waals surface area contributed by atoms with Crippen molar-refractivity contribution in [1.82, 2.24) is 0 Å². The van der Waals surface area contributed by atoms with Crippen LogP contribution in [-0.4, -0.2) is 5.54 Å². The molecule has 1 aliphatic rings. The van der Waals surface area contributed by atoms with E-state index in [1.54, 1.807) is 13.8 Å². The van der Waals surface area contributed by atoms with Gasteiger partial charge in [-0.25, -0.2) is 4.39 Å². The van der Waals surface area contributed by atoms with Gasteiger partial charge < -0.3 is 5.73 Å². The first-order valence-corrected chi connectivity index (χ1v) is 4.67. The molecular formula is C9H13BrFN. The van der Waals surface area contributed by atoms with Crippen molar-refractivity contribution in [3.63, 3.8) is 0 Å². The minimum absolute atomic E-state index is 0.208. The number of allylic oxidation sites excluding steroid dienone is 2. The Morgan fingerprint density at radius 2 is 2.00 bits per heavy atom. The monoisotopic (exact) mass is 233 g/mol. The van der Waals surface area contributed by atoms with Gasteiger partial charge in [-0.2, -0.15) is 0 Å². The predicted octanol–water partition coefficient (Wildman–Crippen LogP) is 3.02. The zero-order valence-corrected chi connectivity index (χ0v) is 9.13. The summed E-state index contributed by atoms with van der Waals surface area (Å²) in [6.45, 7) is 5.42. The lowest BCUT2D eigenvalue weighted by molar-refractivity contribution is 0.409. The fourth-order valence-corrected chi connectivity index (χ4v) is 1.87. The number of hydrogen-bond acceptors (Lipinski definition) is 1. The molecule has 1 nitrogen and oxygen atoms in total. The second-order valence-electron chi connectivity index (χ2n) is 3.63. The zero-order chi connectivity index (χ0) is 9.52. The molecule has 0 bridgehead atoms. The van der Waals surface area contributed by atoms with Crippen molar-refractivity contribution < 1.29 is 4.39 Å². The summed E-state index contributed by atoms with van der Waals surface area (Å²) >= 11 is 3.34. The molecule has 0 heterocycles. The molecule has 12 heavy (non-hydrogen) atoms. The summed E-state index contributed by atoms with van der Waals surface area (Å²) in [6.07, 6.45) is 0.580. The molecule has 0 radical (unpaired) electrons. The summed E-state index contributed by atoms with van der Waals surface area (Å²) in [5.41, 5.74) is 6.70. The maximum Gasteiger partial charge on any atom is 0.124 e. The van der Waals surface area contributed by atoms with Crippen LogP contribution in [0.25, 0.3) is 0 Å². The second kappa shape index (κ2) is 2.96. The molecule has 0 amide bonds. The first kappa shape index (κ1) is 9.93. The predicted molar refractivity (Wildman–Crippen MR) is 52.6 cm³/mol. The Morgan fingerprint density at radius 1 is 1.50 bits per heavy atom. The molecule has 0 aliphatic heterocycles. The number of nitrogens with two attached hydrogens (primary N) is 1. The summed E-state index contributed by atoms with van der Waals surface area (Å²) in [5.74, 6) is -0.208. The fraction of sp³-hybridized carbons (Fsp3) is 0.556. The average Bonchev–Trinajstić information content (AvgIpc) is 1.97. The van der Waals surface area contributed by atoms with Crippen molar-refractivity contribution >= 4 is 15.9 Å². The van der Waals surface area contributed by atoms with Gasteiger partial charge in [0, 0.05) is 4.48 Å². The molecule has 1 aliphatic carbocycles. The third-order valence-corrected chi connectivity index (χ3v) is 3.44.